The van der Waals surface area contributed by atoms with E-state index in [-0.39, 0.29) is 29.9 Å². The number of nitrogens with one attached hydrogen (secondary N) is 1. The van der Waals surface area contributed by atoms with Gasteiger partial charge in [-0.15, -0.1) is 11.3 Å². The summed E-state index contributed by atoms with van der Waals surface area (Å²) in [5.41, 5.74) is 0. The SMILES string of the molecule is O=S(=O)(NC1CCC(C(F)(F)F)CC1)c1ccc(Cl)s1. The number of thiophene rings is 1. The molecule has 0 aliphatic heterocycles. The van der Waals surface area contributed by atoms with Gasteiger partial charge in [0.05, 0.1) is 10.3 Å². The third-order valence-electron chi connectivity index (χ3n) is 3.33. The second-order valence-corrected chi connectivity index (χ2v) is 8.43. The van der Waals surface area contributed by atoms with Gasteiger partial charge in [-0.2, -0.15) is 13.2 Å². The number of halogens is 4. The molecule has 0 aromatic carbocycles. The number of sulfonamides is 1. The zero-order valence-electron chi connectivity index (χ0n) is 10.3. The maximum atomic E-state index is 12.5. The number of rotatable bonds is 3. The van der Waals surface area contributed by atoms with Gasteiger partial charge in [0, 0.05) is 6.04 Å². The number of alkyl halides is 3. The zero-order chi connectivity index (χ0) is 15.0. The van der Waals surface area contributed by atoms with Gasteiger partial charge in [-0.1, -0.05) is 11.6 Å². The molecule has 114 valence electrons. The summed E-state index contributed by atoms with van der Waals surface area (Å²) in [6.45, 7) is 0. The van der Waals surface area contributed by atoms with Crippen molar-refractivity contribution in [2.45, 2.75) is 42.1 Å². The van der Waals surface area contributed by atoms with Crippen molar-refractivity contribution in [1.82, 2.24) is 4.72 Å². The van der Waals surface area contributed by atoms with E-state index in [1.807, 2.05) is 0 Å². The zero-order valence-corrected chi connectivity index (χ0v) is 12.7. The molecule has 1 N–H and O–H groups in total. The molecule has 0 unspecified atom stereocenters. The first kappa shape index (κ1) is 16.1. The van der Waals surface area contributed by atoms with Crippen LogP contribution in [0.1, 0.15) is 25.7 Å². The van der Waals surface area contributed by atoms with Gasteiger partial charge in [-0.3, -0.25) is 0 Å². The molecule has 0 amide bonds. The minimum atomic E-state index is -4.19. The van der Waals surface area contributed by atoms with Gasteiger partial charge in [0.1, 0.15) is 4.21 Å². The predicted octanol–water partition coefficient (Wildman–Crippen LogP) is 3.80. The monoisotopic (exact) mass is 347 g/mol. The summed E-state index contributed by atoms with van der Waals surface area (Å²) in [6, 6.07) is 2.41. The molecule has 1 aromatic heterocycles. The van der Waals surface area contributed by atoms with Crippen molar-refractivity contribution in [1.29, 1.82) is 0 Å². The molecule has 0 bridgehead atoms. The topological polar surface area (TPSA) is 46.2 Å². The normalized spacial score (nSPS) is 24.8. The minimum absolute atomic E-state index is 0.0398. The van der Waals surface area contributed by atoms with Gasteiger partial charge in [0.25, 0.3) is 0 Å². The lowest BCUT2D eigenvalue weighted by Crippen LogP contribution is -2.39. The highest BCUT2D eigenvalue weighted by Crippen LogP contribution is 2.38. The maximum Gasteiger partial charge on any atom is 0.391 e. The van der Waals surface area contributed by atoms with Crippen molar-refractivity contribution in [2.24, 2.45) is 5.92 Å². The van der Waals surface area contributed by atoms with Crippen molar-refractivity contribution in [3.8, 4) is 0 Å². The quantitative estimate of drug-likeness (QED) is 0.904. The van der Waals surface area contributed by atoms with Crippen molar-refractivity contribution in [3.63, 3.8) is 0 Å². The van der Waals surface area contributed by atoms with Crippen LogP contribution in [0.15, 0.2) is 16.3 Å². The van der Waals surface area contributed by atoms with Crippen LogP contribution in [0.3, 0.4) is 0 Å². The average molecular weight is 348 g/mol. The minimum Gasteiger partial charge on any atom is -0.207 e. The Morgan fingerprint density at radius 3 is 2.25 bits per heavy atom. The molecule has 1 saturated carbocycles. The summed E-state index contributed by atoms with van der Waals surface area (Å²) in [4.78, 5) is 0. The van der Waals surface area contributed by atoms with Crippen molar-refractivity contribution in [2.75, 3.05) is 0 Å². The molecule has 3 nitrogen and oxygen atoms in total. The molecule has 0 radical (unpaired) electrons. The fourth-order valence-corrected chi connectivity index (χ4v) is 5.06. The van der Waals surface area contributed by atoms with E-state index in [1.165, 1.54) is 12.1 Å². The lowest BCUT2D eigenvalue weighted by Gasteiger charge is -2.29. The summed E-state index contributed by atoms with van der Waals surface area (Å²) in [6.07, 6.45) is -3.88. The van der Waals surface area contributed by atoms with Crippen LogP contribution in [0.25, 0.3) is 0 Å². The molecule has 0 atom stereocenters. The first-order chi connectivity index (χ1) is 9.18. The first-order valence-corrected chi connectivity index (χ1v) is 8.70. The summed E-state index contributed by atoms with van der Waals surface area (Å²) in [7, 11) is -3.69. The van der Waals surface area contributed by atoms with Crippen LogP contribution in [0.5, 0.6) is 0 Å². The fraction of sp³-hybridized carbons (Fsp3) is 0.636. The van der Waals surface area contributed by atoms with Crippen LogP contribution in [0.4, 0.5) is 13.2 Å². The van der Waals surface area contributed by atoms with E-state index in [9.17, 15) is 21.6 Å². The molecule has 1 heterocycles. The van der Waals surface area contributed by atoms with Crippen molar-refractivity contribution in [3.05, 3.63) is 16.5 Å². The Hall–Kier alpha value is -0.310. The van der Waals surface area contributed by atoms with E-state index < -0.39 is 28.2 Å². The number of hydrogen-bond donors (Lipinski definition) is 1. The van der Waals surface area contributed by atoms with Gasteiger partial charge in [-0.05, 0) is 37.8 Å². The van der Waals surface area contributed by atoms with E-state index in [0.29, 0.717) is 4.34 Å². The third-order valence-corrected chi connectivity index (χ3v) is 6.57. The lowest BCUT2D eigenvalue weighted by molar-refractivity contribution is -0.182. The third kappa shape index (κ3) is 3.87. The summed E-state index contributed by atoms with van der Waals surface area (Å²) in [5, 5.41) is 0. The molecule has 1 aliphatic rings. The molecular formula is C11H13ClF3NO2S2. The summed E-state index contributed by atoms with van der Waals surface area (Å²) >= 11 is 6.60. The van der Waals surface area contributed by atoms with Gasteiger partial charge < -0.3 is 0 Å². The Morgan fingerprint density at radius 2 is 1.80 bits per heavy atom. The lowest BCUT2D eigenvalue weighted by atomic mass is 9.86. The molecule has 0 saturated heterocycles. The second kappa shape index (κ2) is 5.82. The second-order valence-electron chi connectivity index (χ2n) is 4.77. The van der Waals surface area contributed by atoms with E-state index in [1.54, 1.807) is 0 Å². The molecular weight excluding hydrogens is 335 g/mol. The van der Waals surface area contributed by atoms with Crippen LogP contribution < -0.4 is 4.72 Å². The van der Waals surface area contributed by atoms with Crippen LogP contribution in [0.2, 0.25) is 4.34 Å². The average Bonchev–Trinajstić information content (AvgIpc) is 2.76. The highest BCUT2D eigenvalue weighted by atomic mass is 35.5. The van der Waals surface area contributed by atoms with Gasteiger partial charge in [0.2, 0.25) is 10.0 Å². The van der Waals surface area contributed by atoms with Crippen molar-refractivity contribution < 1.29 is 21.6 Å². The van der Waals surface area contributed by atoms with Crippen LogP contribution in [0, 0.1) is 5.92 Å². The van der Waals surface area contributed by atoms with Crippen LogP contribution in [-0.4, -0.2) is 20.6 Å². The van der Waals surface area contributed by atoms with Crippen LogP contribution in [-0.2, 0) is 10.0 Å². The molecule has 1 aromatic rings. The Bertz CT molecular complexity index is 562. The van der Waals surface area contributed by atoms with E-state index >= 15 is 0 Å². The van der Waals surface area contributed by atoms with E-state index in [4.69, 9.17) is 11.6 Å². The summed E-state index contributed by atoms with van der Waals surface area (Å²) < 4.78 is 64.5. The van der Waals surface area contributed by atoms with Crippen LogP contribution >= 0.6 is 22.9 Å². The van der Waals surface area contributed by atoms with Crippen molar-refractivity contribution >= 4 is 33.0 Å². The Labute approximate surface area is 124 Å². The highest BCUT2D eigenvalue weighted by molar-refractivity contribution is 7.91. The molecule has 9 heteroatoms. The molecule has 1 aliphatic carbocycles. The predicted molar refractivity (Wildman–Crippen MR) is 71.5 cm³/mol. The molecule has 20 heavy (non-hydrogen) atoms. The summed E-state index contributed by atoms with van der Waals surface area (Å²) in [5.74, 6) is -1.32. The van der Waals surface area contributed by atoms with E-state index in [0.717, 1.165) is 11.3 Å². The molecule has 2 rings (SSSR count). The largest absolute Gasteiger partial charge is 0.391 e. The maximum absolute atomic E-state index is 12.5. The molecule has 0 spiro atoms. The van der Waals surface area contributed by atoms with Gasteiger partial charge in [0.15, 0.2) is 0 Å². The van der Waals surface area contributed by atoms with E-state index in [2.05, 4.69) is 4.72 Å². The Kier molecular flexibility index (Phi) is 4.68. The smallest absolute Gasteiger partial charge is 0.207 e. The first-order valence-electron chi connectivity index (χ1n) is 6.03. The Morgan fingerprint density at radius 1 is 1.20 bits per heavy atom. The standard InChI is InChI=1S/C11H13ClF3NO2S2/c12-9-5-6-10(19-9)20(17,18)16-8-3-1-7(2-4-8)11(13,14)15/h5-8,16H,1-4H2. The Balaban J connectivity index is 1.96. The molecule has 1 fully saturated rings. The van der Waals surface area contributed by atoms with Gasteiger partial charge >= 0.3 is 6.18 Å². The highest BCUT2D eigenvalue weighted by Gasteiger charge is 2.41. The fourth-order valence-electron chi connectivity index (χ4n) is 2.26. The van der Waals surface area contributed by atoms with Gasteiger partial charge in [-0.25, -0.2) is 13.1 Å². The number of hydrogen-bond acceptors (Lipinski definition) is 3.